The van der Waals surface area contributed by atoms with Gasteiger partial charge < -0.3 is 24.8 Å². The summed E-state index contributed by atoms with van der Waals surface area (Å²) < 4.78 is 0. The van der Waals surface area contributed by atoms with E-state index in [9.17, 15) is 0 Å². The van der Waals surface area contributed by atoms with E-state index in [1.807, 2.05) is 0 Å². The summed E-state index contributed by atoms with van der Waals surface area (Å²) in [4.78, 5) is 0. The van der Waals surface area contributed by atoms with Crippen LogP contribution < -0.4 is 24.8 Å². The van der Waals surface area contributed by atoms with E-state index in [0.717, 1.165) is 0 Å². The minimum absolute atomic E-state index is 0. The van der Waals surface area contributed by atoms with E-state index >= 15 is 0 Å². The molecular formula is C14H30Cl2Mn. The molecule has 0 unspecified atom stereocenters. The van der Waals surface area contributed by atoms with Gasteiger partial charge in [-0.15, -0.1) is 0 Å². The van der Waals surface area contributed by atoms with E-state index in [1.165, 1.54) is 77.0 Å². The molecule has 1 radical (unpaired) electrons. The maximum absolute atomic E-state index is 2.29. The van der Waals surface area contributed by atoms with Crippen molar-refractivity contribution in [3.63, 3.8) is 0 Å². The molecule has 0 aliphatic carbocycles. The molecule has 107 valence electrons. The molecule has 0 atom stereocenters. The summed E-state index contributed by atoms with van der Waals surface area (Å²) in [7, 11) is 0. The Bertz CT molecular complexity index is 88.2. The van der Waals surface area contributed by atoms with Crippen LogP contribution in [0.3, 0.4) is 0 Å². The summed E-state index contributed by atoms with van der Waals surface area (Å²) in [6.45, 7) is 4.57. The average molecular weight is 324 g/mol. The molecule has 0 fully saturated rings. The second kappa shape index (κ2) is 25.8. The van der Waals surface area contributed by atoms with Crippen molar-refractivity contribution >= 4 is 0 Å². The van der Waals surface area contributed by atoms with Gasteiger partial charge in [0.05, 0.1) is 0 Å². The molecule has 0 aromatic rings. The van der Waals surface area contributed by atoms with Crippen LogP contribution >= 0.6 is 0 Å². The molecule has 0 aromatic heterocycles. The average Bonchev–Trinajstić information content (AvgIpc) is 2.21. The van der Waals surface area contributed by atoms with Gasteiger partial charge in [-0.3, -0.25) is 0 Å². The fraction of sp³-hybridized carbons (Fsp3) is 1.00. The first-order chi connectivity index (χ1) is 6.91. The van der Waals surface area contributed by atoms with Crippen LogP contribution in [0.15, 0.2) is 0 Å². The Morgan fingerprint density at radius 2 is 0.588 bits per heavy atom. The van der Waals surface area contributed by atoms with Crippen molar-refractivity contribution in [1.82, 2.24) is 0 Å². The summed E-state index contributed by atoms with van der Waals surface area (Å²) >= 11 is 0. The second-order valence-corrected chi connectivity index (χ2v) is 4.54. The smallest absolute Gasteiger partial charge is 1.00 e. The third-order valence-corrected chi connectivity index (χ3v) is 2.96. The minimum atomic E-state index is 0. The molecule has 0 heterocycles. The third kappa shape index (κ3) is 26.6. The van der Waals surface area contributed by atoms with Crippen molar-refractivity contribution in [2.75, 3.05) is 0 Å². The van der Waals surface area contributed by atoms with E-state index < -0.39 is 0 Å². The van der Waals surface area contributed by atoms with Crippen molar-refractivity contribution < 1.29 is 41.9 Å². The molecule has 0 nitrogen and oxygen atoms in total. The zero-order valence-corrected chi connectivity index (χ0v) is 14.3. The SMILES string of the molecule is CCCCCCCCCCCCCC.[Cl-].[Cl-].[Mn+2]. The molecule has 0 aliphatic rings. The predicted molar refractivity (Wildman–Crippen MR) is 66.8 cm³/mol. The molecule has 0 rings (SSSR count). The van der Waals surface area contributed by atoms with E-state index in [4.69, 9.17) is 0 Å². The first-order valence-corrected chi connectivity index (χ1v) is 6.91. The molecular weight excluding hydrogens is 294 g/mol. The van der Waals surface area contributed by atoms with Gasteiger partial charge in [0.25, 0.3) is 0 Å². The molecule has 3 heteroatoms. The summed E-state index contributed by atoms with van der Waals surface area (Å²) in [6, 6.07) is 0. The van der Waals surface area contributed by atoms with Crippen molar-refractivity contribution in [3.8, 4) is 0 Å². The van der Waals surface area contributed by atoms with E-state index in [2.05, 4.69) is 13.8 Å². The van der Waals surface area contributed by atoms with Gasteiger partial charge in [-0.1, -0.05) is 90.9 Å². The van der Waals surface area contributed by atoms with Crippen molar-refractivity contribution in [3.05, 3.63) is 0 Å². The minimum Gasteiger partial charge on any atom is -1.00 e. The largest absolute Gasteiger partial charge is 2.00 e. The molecule has 0 saturated heterocycles. The molecule has 17 heavy (non-hydrogen) atoms. The standard InChI is InChI=1S/C14H30.2ClH.Mn/c1-3-5-7-9-11-13-14-12-10-8-6-4-2;;;/h3-14H2,1-2H3;2*1H;/q;;;+2/p-2. The Hall–Kier alpha value is 1.10. The van der Waals surface area contributed by atoms with Crippen LogP contribution in [0.4, 0.5) is 0 Å². The van der Waals surface area contributed by atoms with Crippen LogP contribution in [0.5, 0.6) is 0 Å². The third-order valence-electron chi connectivity index (χ3n) is 2.96. The normalized spacial score (nSPS) is 8.82. The Morgan fingerprint density at radius 1 is 0.412 bits per heavy atom. The van der Waals surface area contributed by atoms with Crippen LogP contribution in [-0.4, -0.2) is 0 Å². The van der Waals surface area contributed by atoms with Gasteiger partial charge in [0.1, 0.15) is 0 Å². The number of hydrogen-bond donors (Lipinski definition) is 0. The first kappa shape index (κ1) is 26.6. The van der Waals surface area contributed by atoms with Crippen LogP contribution in [0.1, 0.15) is 90.9 Å². The molecule has 0 spiro atoms. The van der Waals surface area contributed by atoms with Gasteiger partial charge in [-0.25, -0.2) is 0 Å². The van der Waals surface area contributed by atoms with E-state index in [0.29, 0.717) is 0 Å². The monoisotopic (exact) mass is 323 g/mol. The predicted octanol–water partition coefficient (Wildman–Crippen LogP) is -0.287. The number of hydrogen-bond acceptors (Lipinski definition) is 0. The molecule has 0 bridgehead atoms. The quantitative estimate of drug-likeness (QED) is 0.362. The summed E-state index contributed by atoms with van der Waals surface area (Å²) in [5, 5.41) is 0. The van der Waals surface area contributed by atoms with Crippen molar-refractivity contribution in [1.29, 1.82) is 0 Å². The van der Waals surface area contributed by atoms with E-state index in [-0.39, 0.29) is 41.9 Å². The number of rotatable bonds is 11. The van der Waals surface area contributed by atoms with Crippen molar-refractivity contribution in [2.45, 2.75) is 90.9 Å². The Kier molecular flexibility index (Phi) is 40.4. The number of unbranched alkanes of at least 4 members (excludes halogenated alkanes) is 11. The maximum Gasteiger partial charge on any atom is 2.00 e. The Labute approximate surface area is 132 Å². The Morgan fingerprint density at radius 3 is 0.765 bits per heavy atom. The van der Waals surface area contributed by atoms with Gasteiger partial charge in [0, 0.05) is 0 Å². The Balaban J connectivity index is -0.000000282. The van der Waals surface area contributed by atoms with Crippen LogP contribution in [-0.2, 0) is 17.1 Å². The topological polar surface area (TPSA) is 0 Å². The maximum atomic E-state index is 2.29. The van der Waals surface area contributed by atoms with Crippen LogP contribution in [0, 0.1) is 0 Å². The zero-order chi connectivity index (χ0) is 10.5. The summed E-state index contributed by atoms with van der Waals surface area (Å²) in [5.41, 5.74) is 0. The molecule has 0 amide bonds. The fourth-order valence-corrected chi connectivity index (χ4v) is 1.91. The van der Waals surface area contributed by atoms with Gasteiger partial charge in [0.2, 0.25) is 0 Å². The number of halogens is 2. The molecule has 0 aromatic carbocycles. The molecule has 0 saturated carbocycles. The first-order valence-electron chi connectivity index (χ1n) is 6.91. The summed E-state index contributed by atoms with van der Waals surface area (Å²) in [5.74, 6) is 0. The van der Waals surface area contributed by atoms with Crippen LogP contribution in [0.25, 0.3) is 0 Å². The van der Waals surface area contributed by atoms with Crippen molar-refractivity contribution in [2.24, 2.45) is 0 Å². The zero-order valence-electron chi connectivity index (χ0n) is 11.6. The molecule has 0 aliphatic heterocycles. The summed E-state index contributed by atoms with van der Waals surface area (Å²) in [6.07, 6.45) is 17.4. The van der Waals surface area contributed by atoms with Gasteiger partial charge >= 0.3 is 17.1 Å². The fourth-order valence-electron chi connectivity index (χ4n) is 1.91. The van der Waals surface area contributed by atoms with Gasteiger partial charge in [-0.2, -0.15) is 0 Å². The van der Waals surface area contributed by atoms with Gasteiger partial charge in [-0.05, 0) is 0 Å². The van der Waals surface area contributed by atoms with E-state index in [1.54, 1.807) is 0 Å². The van der Waals surface area contributed by atoms with Gasteiger partial charge in [0.15, 0.2) is 0 Å². The van der Waals surface area contributed by atoms with Crippen LogP contribution in [0.2, 0.25) is 0 Å². The molecule has 0 N–H and O–H groups in total. The second-order valence-electron chi connectivity index (χ2n) is 4.54.